The molecule has 208 valence electrons. The number of nitrogens with zero attached hydrogens (tertiary/aromatic N) is 5. The van der Waals surface area contributed by atoms with Crippen molar-refractivity contribution in [2.24, 2.45) is 7.05 Å². The smallest absolute Gasteiger partial charge is 0.270 e. The molecule has 2 bridgehead atoms. The fourth-order valence-corrected chi connectivity index (χ4v) is 8.25. The van der Waals surface area contributed by atoms with E-state index >= 15 is 0 Å². The fourth-order valence-electron chi connectivity index (χ4n) is 8.25. The molecule has 3 aliphatic rings. The van der Waals surface area contributed by atoms with E-state index in [1.165, 1.54) is 36.8 Å². The molecule has 6 heteroatoms. The van der Waals surface area contributed by atoms with Crippen LogP contribution in [0.15, 0.2) is 72.9 Å². The van der Waals surface area contributed by atoms with E-state index in [0.29, 0.717) is 18.1 Å². The molecule has 3 fully saturated rings. The Kier molecular flexibility index (Phi) is 6.54. The highest BCUT2D eigenvalue weighted by molar-refractivity contribution is 5.92. The van der Waals surface area contributed by atoms with Gasteiger partial charge in [0.2, 0.25) is 0 Å². The van der Waals surface area contributed by atoms with Gasteiger partial charge in [-0.1, -0.05) is 42.5 Å². The number of carbonyl (C=O) groups excluding carboxylic acids is 1. The summed E-state index contributed by atoms with van der Waals surface area (Å²) in [5.41, 5.74) is 4.77. The number of fused-ring (bicyclic) bond motifs is 3. The third-order valence-electron chi connectivity index (χ3n) is 10.4. The van der Waals surface area contributed by atoms with Crippen molar-refractivity contribution in [3.63, 3.8) is 0 Å². The molecule has 0 unspecified atom stereocenters. The molecule has 0 radical (unpaired) electrons. The average Bonchev–Trinajstić information content (AvgIpc) is 3.63. The van der Waals surface area contributed by atoms with Crippen LogP contribution >= 0.6 is 0 Å². The molecule has 3 aliphatic heterocycles. The van der Waals surface area contributed by atoms with Crippen molar-refractivity contribution >= 4 is 16.9 Å². The average molecular weight is 536 g/mol. The number of imidazole rings is 1. The van der Waals surface area contributed by atoms with Crippen molar-refractivity contribution in [2.75, 3.05) is 19.6 Å². The van der Waals surface area contributed by atoms with Crippen molar-refractivity contribution in [3.8, 4) is 0 Å². The second-order valence-corrected chi connectivity index (χ2v) is 12.5. The van der Waals surface area contributed by atoms with Crippen LogP contribution in [-0.2, 0) is 12.5 Å². The molecular formula is C34H41N5O. The van der Waals surface area contributed by atoms with E-state index in [9.17, 15) is 4.79 Å². The van der Waals surface area contributed by atoms with Gasteiger partial charge in [-0.05, 0) is 93.7 Å². The maximum atomic E-state index is 13.3. The number of amides is 1. The van der Waals surface area contributed by atoms with Crippen molar-refractivity contribution in [3.05, 3.63) is 90.0 Å². The summed E-state index contributed by atoms with van der Waals surface area (Å²) >= 11 is 0. The summed E-state index contributed by atoms with van der Waals surface area (Å²) in [6, 6.07) is 25.5. The lowest BCUT2D eigenvalue weighted by Gasteiger charge is -2.45. The van der Waals surface area contributed by atoms with Gasteiger partial charge in [0.15, 0.2) is 0 Å². The minimum atomic E-state index is 0.125. The van der Waals surface area contributed by atoms with E-state index in [-0.39, 0.29) is 11.3 Å². The summed E-state index contributed by atoms with van der Waals surface area (Å²) in [5, 5.41) is 0. The van der Waals surface area contributed by atoms with Gasteiger partial charge in [0, 0.05) is 44.5 Å². The number of benzene rings is 2. The van der Waals surface area contributed by atoms with Crippen molar-refractivity contribution < 1.29 is 4.79 Å². The van der Waals surface area contributed by atoms with E-state index in [0.717, 1.165) is 55.9 Å². The monoisotopic (exact) mass is 535 g/mol. The number of hydrogen-bond donors (Lipinski definition) is 0. The maximum absolute atomic E-state index is 13.3. The van der Waals surface area contributed by atoms with Gasteiger partial charge in [0.05, 0.1) is 11.0 Å². The zero-order valence-electron chi connectivity index (χ0n) is 23.9. The first kappa shape index (κ1) is 25.6. The molecule has 4 aromatic rings. The molecule has 0 spiro atoms. The van der Waals surface area contributed by atoms with Gasteiger partial charge in [0.25, 0.3) is 5.91 Å². The molecule has 2 aromatic heterocycles. The lowest BCUT2D eigenvalue weighted by atomic mass is 9.70. The molecule has 6 nitrogen and oxygen atoms in total. The number of rotatable bonds is 6. The topological polar surface area (TPSA) is 46.3 Å². The number of piperidine rings is 2. The van der Waals surface area contributed by atoms with E-state index < -0.39 is 0 Å². The van der Waals surface area contributed by atoms with Gasteiger partial charge >= 0.3 is 0 Å². The number of hydrogen-bond acceptors (Lipinski definition) is 3. The minimum Gasteiger partial charge on any atom is -0.347 e. The van der Waals surface area contributed by atoms with Crippen LogP contribution in [0.2, 0.25) is 0 Å². The molecule has 7 rings (SSSR count). The lowest BCUT2D eigenvalue weighted by Crippen LogP contribution is -2.49. The fraction of sp³-hybridized carbons (Fsp3) is 0.471. The minimum absolute atomic E-state index is 0.125. The first-order valence-electron chi connectivity index (χ1n) is 15.2. The molecular weight excluding hydrogens is 494 g/mol. The zero-order valence-corrected chi connectivity index (χ0v) is 23.9. The predicted octanol–water partition coefficient (Wildman–Crippen LogP) is 6.12. The summed E-state index contributed by atoms with van der Waals surface area (Å²) in [6.07, 6.45) is 10.2. The Labute approximate surface area is 237 Å². The Balaban J connectivity index is 1.07. The Morgan fingerprint density at radius 2 is 1.60 bits per heavy atom. The Hall–Kier alpha value is -3.38. The van der Waals surface area contributed by atoms with Gasteiger partial charge in [-0.2, -0.15) is 0 Å². The zero-order chi connectivity index (χ0) is 27.3. The molecule has 3 saturated heterocycles. The van der Waals surface area contributed by atoms with Gasteiger partial charge in [-0.3, -0.25) is 9.69 Å². The number of carbonyl (C=O) groups is 1. The van der Waals surface area contributed by atoms with Gasteiger partial charge < -0.3 is 14.0 Å². The second kappa shape index (κ2) is 10.2. The van der Waals surface area contributed by atoms with E-state index in [1.807, 2.05) is 29.9 Å². The predicted molar refractivity (Wildman–Crippen MR) is 160 cm³/mol. The third-order valence-corrected chi connectivity index (χ3v) is 10.4. The number of aromatic nitrogens is 3. The molecule has 40 heavy (non-hydrogen) atoms. The van der Waals surface area contributed by atoms with Gasteiger partial charge in [-0.15, -0.1) is 0 Å². The maximum Gasteiger partial charge on any atom is 0.270 e. The summed E-state index contributed by atoms with van der Waals surface area (Å²) in [4.78, 5) is 23.1. The van der Waals surface area contributed by atoms with Crippen molar-refractivity contribution in [1.82, 2.24) is 23.9 Å². The third kappa shape index (κ3) is 4.37. The standard InChI is InChI=1S/C34H41N5O/c1-25-35-30-11-6-7-12-31(30)39(25)29-23-27-14-15-28(24-29)38(27)22-18-34(26-9-4-3-5-10-26)16-20-37(21-17-34)33(40)32-13-8-19-36(32)2/h3-13,19,27-29H,14-18,20-24H2,1-2H3/t27-,28+,29+. The molecule has 2 aromatic carbocycles. The molecule has 1 amide bonds. The Morgan fingerprint density at radius 3 is 2.30 bits per heavy atom. The van der Waals surface area contributed by atoms with E-state index in [4.69, 9.17) is 4.98 Å². The number of aryl methyl sites for hydroxylation is 2. The second-order valence-electron chi connectivity index (χ2n) is 12.5. The molecule has 0 N–H and O–H groups in total. The van der Waals surface area contributed by atoms with E-state index in [1.54, 1.807) is 0 Å². The molecule has 5 heterocycles. The summed E-state index contributed by atoms with van der Waals surface area (Å²) in [5.74, 6) is 1.32. The SMILES string of the molecule is Cc1nc2ccccc2n1[C@H]1C[C@H]2CC[C@@H](C1)N2CCC1(c2ccccc2)CCN(C(=O)c2cccn2C)CC1. The van der Waals surface area contributed by atoms with Crippen LogP contribution in [0.5, 0.6) is 0 Å². The first-order valence-corrected chi connectivity index (χ1v) is 15.2. The van der Waals surface area contributed by atoms with Crippen LogP contribution in [-0.4, -0.2) is 61.5 Å². The molecule has 3 atom stereocenters. The van der Waals surface area contributed by atoms with Crippen LogP contribution in [0.25, 0.3) is 11.0 Å². The normalized spacial score (nSPS) is 24.6. The Morgan fingerprint density at radius 1 is 0.900 bits per heavy atom. The van der Waals surface area contributed by atoms with Crippen LogP contribution in [0, 0.1) is 6.92 Å². The summed E-state index contributed by atoms with van der Waals surface area (Å²) in [6.45, 7) is 4.96. The van der Waals surface area contributed by atoms with Gasteiger partial charge in [-0.25, -0.2) is 4.98 Å². The summed E-state index contributed by atoms with van der Waals surface area (Å²) < 4.78 is 4.47. The van der Waals surface area contributed by atoms with Gasteiger partial charge in [0.1, 0.15) is 11.5 Å². The quantitative estimate of drug-likeness (QED) is 0.299. The van der Waals surface area contributed by atoms with Crippen molar-refractivity contribution in [1.29, 1.82) is 0 Å². The molecule has 0 saturated carbocycles. The Bertz CT molecular complexity index is 1480. The lowest BCUT2D eigenvalue weighted by molar-refractivity contribution is 0.0599. The number of likely N-dealkylation sites (tertiary alicyclic amines) is 1. The van der Waals surface area contributed by atoms with Crippen LogP contribution < -0.4 is 0 Å². The van der Waals surface area contributed by atoms with Crippen LogP contribution in [0.4, 0.5) is 0 Å². The van der Waals surface area contributed by atoms with Crippen LogP contribution in [0.1, 0.15) is 72.9 Å². The van der Waals surface area contributed by atoms with E-state index in [2.05, 4.69) is 75.9 Å². The number of para-hydroxylation sites is 2. The largest absolute Gasteiger partial charge is 0.347 e. The van der Waals surface area contributed by atoms with Crippen molar-refractivity contribution in [2.45, 2.75) is 75.4 Å². The highest BCUT2D eigenvalue weighted by Gasteiger charge is 2.44. The van der Waals surface area contributed by atoms with Crippen LogP contribution in [0.3, 0.4) is 0 Å². The first-order chi connectivity index (χ1) is 19.5. The molecule has 0 aliphatic carbocycles. The summed E-state index contributed by atoms with van der Waals surface area (Å²) in [7, 11) is 1.96. The highest BCUT2D eigenvalue weighted by atomic mass is 16.2. The highest BCUT2D eigenvalue weighted by Crippen LogP contribution is 2.45.